The van der Waals surface area contributed by atoms with Gasteiger partial charge < -0.3 is 24.4 Å². The zero-order chi connectivity index (χ0) is 19.5. The van der Waals surface area contributed by atoms with Gasteiger partial charge in [0.2, 0.25) is 0 Å². The van der Waals surface area contributed by atoms with Crippen molar-refractivity contribution in [2.24, 2.45) is 0 Å². The summed E-state index contributed by atoms with van der Waals surface area (Å²) in [5, 5.41) is 5.00. The Labute approximate surface area is 167 Å². The van der Waals surface area contributed by atoms with Gasteiger partial charge >= 0.3 is 0 Å². The Bertz CT molecular complexity index is 832. The molecule has 0 bridgehead atoms. The molecule has 152 valence electrons. The molecule has 2 aliphatic heterocycles. The molecule has 0 unspecified atom stereocenters. The number of aromatic nitrogens is 1. The fourth-order valence-electron chi connectivity index (χ4n) is 4.36. The summed E-state index contributed by atoms with van der Waals surface area (Å²) in [5.41, 5.74) is 4.61. The normalized spacial score (nSPS) is 18.5. The third-order valence-electron chi connectivity index (χ3n) is 6.04. The highest BCUT2D eigenvalue weighted by atomic mass is 16.5. The largest absolute Gasteiger partial charge is 0.493 e. The molecule has 0 spiro atoms. The van der Waals surface area contributed by atoms with Crippen molar-refractivity contribution in [3.8, 4) is 11.5 Å². The van der Waals surface area contributed by atoms with Crippen LogP contribution in [0.3, 0.4) is 0 Å². The van der Waals surface area contributed by atoms with Gasteiger partial charge in [-0.05, 0) is 37.4 Å². The van der Waals surface area contributed by atoms with E-state index < -0.39 is 0 Å². The van der Waals surface area contributed by atoms with Crippen LogP contribution in [-0.4, -0.2) is 63.0 Å². The van der Waals surface area contributed by atoms with E-state index in [9.17, 15) is 0 Å². The number of fused-ring (bicyclic) bond motifs is 2. The number of hydrogen-bond acceptors (Lipinski definition) is 6. The van der Waals surface area contributed by atoms with E-state index in [4.69, 9.17) is 19.2 Å². The van der Waals surface area contributed by atoms with Crippen molar-refractivity contribution >= 4 is 16.6 Å². The maximum atomic E-state index is 5.74. The van der Waals surface area contributed by atoms with Crippen LogP contribution in [0.2, 0.25) is 0 Å². The molecule has 0 saturated carbocycles. The fraction of sp³-hybridized carbons (Fsp3) is 0.591. The molecule has 1 saturated heterocycles. The molecule has 2 aromatic rings. The standard InChI is InChI=1S/C22H31N3O3/c1-4-25-9-5-15(6-10-25)23-22-16-7-11-28-12-8-18(16)24-19-14-21(27-3)20(26-2)13-17(19)22/h13-15H,4-12H2,1-3H3,(H,23,24). The number of nitrogens with one attached hydrogen (secondary N) is 1. The molecule has 1 fully saturated rings. The summed E-state index contributed by atoms with van der Waals surface area (Å²) in [4.78, 5) is 7.49. The van der Waals surface area contributed by atoms with E-state index in [-0.39, 0.29) is 0 Å². The number of pyridine rings is 1. The molecule has 0 amide bonds. The number of hydrogen-bond donors (Lipinski definition) is 1. The Morgan fingerprint density at radius 2 is 1.82 bits per heavy atom. The average molecular weight is 386 g/mol. The van der Waals surface area contributed by atoms with E-state index in [1.54, 1.807) is 14.2 Å². The Morgan fingerprint density at radius 3 is 2.54 bits per heavy atom. The van der Waals surface area contributed by atoms with Crippen LogP contribution >= 0.6 is 0 Å². The van der Waals surface area contributed by atoms with Crippen LogP contribution in [0.15, 0.2) is 12.1 Å². The van der Waals surface area contributed by atoms with Gasteiger partial charge in [-0.15, -0.1) is 0 Å². The second kappa shape index (κ2) is 8.53. The molecule has 0 radical (unpaired) electrons. The van der Waals surface area contributed by atoms with Crippen molar-refractivity contribution in [3.63, 3.8) is 0 Å². The Morgan fingerprint density at radius 1 is 1.11 bits per heavy atom. The summed E-state index contributed by atoms with van der Waals surface area (Å²) in [6, 6.07) is 4.54. The first-order chi connectivity index (χ1) is 13.7. The fourth-order valence-corrected chi connectivity index (χ4v) is 4.36. The van der Waals surface area contributed by atoms with Crippen LogP contribution < -0.4 is 14.8 Å². The van der Waals surface area contributed by atoms with Gasteiger partial charge in [-0.2, -0.15) is 0 Å². The monoisotopic (exact) mass is 385 g/mol. The minimum atomic E-state index is 0.481. The first-order valence-corrected chi connectivity index (χ1v) is 10.4. The Hall–Kier alpha value is -2.05. The highest BCUT2D eigenvalue weighted by Gasteiger charge is 2.23. The van der Waals surface area contributed by atoms with E-state index in [0.717, 1.165) is 86.6 Å². The number of rotatable bonds is 5. The number of anilines is 1. The molecule has 3 heterocycles. The third kappa shape index (κ3) is 3.76. The first-order valence-electron chi connectivity index (χ1n) is 10.4. The van der Waals surface area contributed by atoms with Crippen molar-refractivity contribution in [1.82, 2.24) is 9.88 Å². The third-order valence-corrected chi connectivity index (χ3v) is 6.04. The van der Waals surface area contributed by atoms with Crippen LogP contribution in [0, 0.1) is 0 Å². The van der Waals surface area contributed by atoms with Gasteiger partial charge in [0, 0.05) is 48.4 Å². The number of likely N-dealkylation sites (tertiary alicyclic amines) is 1. The second-order valence-corrected chi connectivity index (χ2v) is 7.60. The highest BCUT2D eigenvalue weighted by molar-refractivity contribution is 5.96. The number of nitrogens with zero attached hydrogens (tertiary/aromatic N) is 2. The highest BCUT2D eigenvalue weighted by Crippen LogP contribution is 2.38. The van der Waals surface area contributed by atoms with E-state index >= 15 is 0 Å². The molecule has 28 heavy (non-hydrogen) atoms. The smallest absolute Gasteiger partial charge is 0.162 e. The van der Waals surface area contributed by atoms with Crippen molar-refractivity contribution in [2.45, 2.75) is 38.6 Å². The van der Waals surface area contributed by atoms with Crippen LogP contribution in [0.5, 0.6) is 11.5 Å². The predicted octanol–water partition coefficient (Wildman–Crippen LogP) is 3.26. The van der Waals surface area contributed by atoms with Crippen molar-refractivity contribution in [1.29, 1.82) is 0 Å². The molecule has 1 aromatic heterocycles. The molecule has 1 N–H and O–H groups in total. The van der Waals surface area contributed by atoms with Crippen molar-refractivity contribution in [3.05, 3.63) is 23.4 Å². The van der Waals surface area contributed by atoms with Crippen LogP contribution in [0.4, 0.5) is 5.69 Å². The number of benzene rings is 1. The van der Waals surface area contributed by atoms with Crippen LogP contribution in [-0.2, 0) is 17.6 Å². The lowest BCUT2D eigenvalue weighted by Gasteiger charge is -2.33. The maximum Gasteiger partial charge on any atom is 0.162 e. The van der Waals surface area contributed by atoms with Gasteiger partial charge in [0.1, 0.15) is 0 Å². The van der Waals surface area contributed by atoms with Gasteiger partial charge in [-0.25, -0.2) is 0 Å². The molecule has 2 aliphatic rings. The van der Waals surface area contributed by atoms with E-state index in [1.807, 2.05) is 6.07 Å². The molecule has 1 aromatic carbocycles. The summed E-state index contributed by atoms with van der Waals surface area (Å²) < 4.78 is 16.8. The zero-order valence-corrected chi connectivity index (χ0v) is 17.2. The summed E-state index contributed by atoms with van der Waals surface area (Å²) >= 11 is 0. The molecule has 4 rings (SSSR count). The lowest BCUT2D eigenvalue weighted by atomic mass is 9.98. The quantitative estimate of drug-likeness (QED) is 0.853. The summed E-state index contributed by atoms with van der Waals surface area (Å²) in [6.45, 7) is 7.15. The van der Waals surface area contributed by atoms with Gasteiger partial charge in [0.15, 0.2) is 11.5 Å². The lowest BCUT2D eigenvalue weighted by molar-refractivity contribution is 0.146. The molecular formula is C22H31N3O3. The molecular weight excluding hydrogens is 354 g/mol. The average Bonchev–Trinajstić information content (AvgIpc) is 2.98. The van der Waals surface area contributed by atoms with Gasteiger partial charge in [-0.1, -0.05) is 6.92 Å². The topological polar surface area (TPSA) is 55.9 Å². The molecule has 6 heteroatoms. The number of methoxy groups -OCH3 is 2. The van der Waals surface area contributed by atoms with Gasteiger partial charge in [-0.3, -0.25) is 4.98 Å². The molecule has 6 nitrogen and oxygen atoms in total. The predicted molar refractivity (Wildman–Crippen MR) is 112 cm³/mol. The lowest BCUT2D eigenvalue weighted by Crippen LogP contribution is -2.39. The molecule has 0 aliphatic carbocycles. The van der Waals surface area contributed by atoms with Crippen LogP contribution in [0.25, 0.3) is 10.9 Å². The molecule has 0 atom stereocenters. The number of piperidine rings is 1. The van der Waals surface area contributed by atoms with Crippen LogP contribution in [0.1, 0.15) is 31.0 Å². The van der Waals surface area contributed by atoms with Crippen molar-refractivity contribution < 1.29 is 14.2 Å². The second-order valence-electron chi connectivity index (χ2n) is 7.60. The maximum absolute atomic E-state index is 5.74. The van der Waals surface area contributed by atoms with Gasteiger partial charge in [0.05, 0.1) is 33.0 Å². The Kier molecular flexibility index (Phi) is 5.87. The SMILES string of the molecule is CCN1CCC(Nc2c3c(nc4cc(OC)c(OC)cc24)CCOCC3)CC1. The van der Waals surface area contributed by atoms with E-state index in [2.05, 4.69) is 23.2 Å². The minimum absolute atomic E-state index is 0.481. The van der Waals surface area contributed by atoms with Crippen molar-refractivity contribution in [2.75, 3.05) is 52.4 Å². The number of ether oxygens (including phenoxy) is 3. The zero-order valence-electron chi connectivity index (χ0n) is 17.2. The summed E-state index contributed by atoms with van der Waals surface area (Å²) in [5.74, 6) is 1.46. The first kappa shape index (κ1) is 19.3. The van der Waals surface area contributed by atoms with E-state index in [1.165, 1.54) is 11.3 Å². The minimum Gasteiger partial charge on any atom is -0.493 e. The Balaban J connectivity index is 1.78. The van der Waals surface area contributed by atoms with Gasteiger partial charge in [0.25, 0.3) is 0 Å². The summed E-state index contributed by atoms with van der Waals surface area (Å²) in [6.07, 6.45) is 4.07. The van der Waals surface area contributed by atoms with E-state index in [0.29, 0.717) is 6.04 Å². The summed E-state index contributed by atoms with van der Waals surface area (Å²) in [7, 11) is 3.35.